The average molecular weight is 756 g/mol. The average Bonchev–Trinajstić information content (AvgIpc) is 3.34. The maximum Gasteiger partial charge on any atom is 0.408 e. The number of carbonyl (C=O) groups is 2. The van der Waals surface area contributed by atoms with E-state index in [-0.39, 0.29) is 28.9 Å². The molecule has 12 nitrogen and oxygen atoms in total. The molecule has 4 aromatic rings. The van der Waals surface area contributed by atoms with Gasteiger partial charge in [0.1, 0.15) is 11.9 Å². The van der Waals surface area contributed by atoms with Crippen LogP contribution in [0.4, 0.5) is 9.18 Å². The van der Waals surface area contributed by atoms with Crippen molar-refractivity contribution in [3.63, 3.8) is 0 Å². The Kier molecular flexibility index (Phi) is 11.9. The molecule has 2 aromatic carbocycles. The highest BCUT2D eigenvalue weighted by Gasteiger charge is 2.40. The molecule has 2 amide bonds. The third kappa shape index (κ3) is 8.83. The summed E-state index contributed by atoms with van der Waals surface area (Å²) in [4.78, 5) is 64.4. The second kappa shape index (κ2) is 16.5. The number of hydrogen-bond acceptors (Lipinski definition) is 7. The minimum absolute atomic E-state index is 0.000191. The van der Waals surface area contributed by atoms with E-state index in [1.54, 1.807) is 26.8 Å². The van der Waals surface area contributed by atoms with Crippen molar-refractivity contribution in [3.05, 3.63) is 93.0 Å². The smallest absolute Gasteiger partial charge is 0.408 e. The molecule has 1 aliphatic carbocycles. The van der Waals surface area contributed by atoms with Crippen LogP contribution in [0.2, 0.25) is 0 Å². The molecule has 294 valence electrons. The Balaban J connectivity index is 1.25. The van der Waals surface area contributed by atoms with Crippen molar-refractivity contribution < 1.29 is 19.1 Å². The lowest BCUT2D eigenvalue weighted by Gasteiger charge is -2.41. The lowest BCUT2D eigenvalue weighted by atomic mass is 9.89. The van der Waals surface area contributed by atoms with E-state index in [1.165, 1.54) is 19.6 Å². The molecule has 2 aliphatic rings. The molecular weight excluding hydrogens is 702 g/mol. The van der Waals surface area contributed by atoms with Crippen LogP contribution < -0.4 is 16.6 Å². The molecule has 0 radical (unpaired) electrons. The standard InChI is InChI=1S/C42H54FN7O5/c1-27(2)36(50(41(54)55)42(3,4)5)38(51)45-32-15-17-33(18-16-32)49-39(52)35-24-31(43)25-44-37(35)48(40(49)53)34-10-7-9-30(23-34)29-13-11-28(12-14-29)26-47-20-8-19-46(6)21-22-47/h7,9-14,23-25,27,32-33,36H,8,15-22,26H2,1-6H3,(H,45,51)(H,54,55)/t32-,33+,36-/m0/s1. The number of amides is 2. The van der Waals surface area contributed by atoms with Crippen LogP contribution in [0.5, 0.6) is 0 Å². The minimum atomic E-state index is -1.17. The Morgan fingerprint density at radius 2 is 1.67 bits per heavy atom. The summed E-state index contributed by atoms with van der Waals surface area (Å²) in [6.07, 6.45) is 2.74. The number of likely N-dealkylation sites (N-methyl/N-ethyl adjacent to an activating group) is 1. The third-order valence-electron chi connectivity index (χ3n) is 11.0. The molecule has 1 saturated carbocycles. The molecule has 0 spiro atoms. The van der Waals surface area contributed by atoms with Crippen molar-refractivity contribution in [3.8, 4) is 16.8 Å². The van der Waals surface area contributed by atoms with Crippen LogP contribution in [-0.4, -0.2) is 96.8 Å². The first kappa shape index (κ1) is 39.8. The summed E-state index contributed by atoms with van der Waals surface area (Å²) in [5.74, 6) is -1.33. The maximum atomic E-state index is 14.6. The molecular formula is C42H54FN7O5. The van der Waals surface area contributed by atoms with Gasteiger partial charge in [-0.05, 0) is 114 Å². The van der Waals surface area contributed by atoms with E-state index in [4.69, 9.17) is 0 Å². The van der Waals surface area contributed by atoms with Gasteiger partial charge in [0.05, 0.1) is 17.3 Å². The van der Waals surface area contributed by atoms with Gasteiger partial charge in [-0.2, -0.15) is 0 Å². The molecule has 2 N–H and O–H groups in total. The highest BCUT2D eigenvalue weighted by molar-refractivity contribution is 5.86. The summed E-state index contributed by atoms with van der Waals surface area (Å²) in [6, 6.07) is 15.4. The Labute approximate surface area is 321 Å². The second-order valence-corrected chi connectivity index (χ2v) is 16.5. The summed E-state index contributed by atoms with van der Waals surface area (Å²) in [5, 5.41) is 13.0. The number of fused-ring (bicyclic) bond motifs is 1. The van der Waals surface area contributed by atoms with Crippen molar-refractivity contribution >= 4 is 23.0 Å². The van der Waals surface area contributed by atoms with Crippen LogP contribution in [0.3, 0.4) is 0 Å². The first-order chi connectivity index (χ1) is 26.1. The van der Waals surface area contributed by atoms with Gasteiger partial charge in [-0.1, -0.05) is 50.2 Å². The summed E-state index contributed by atoms with van der Waals surface area (Å²) in [6.45, 7) is 14.1. The second-order valence-electron chi connectivity index (χ2n) is 16.5. The fourth-order valence-corrected chi connectivity index (χ4v) is 8.19. The van der Waals surface area contributed by atoms with Crippen molar-refractivity contribution in [1.82, 2.24) is 34.1 Å². The van der Waals surface area contributed by atoms with Crippen molar-refractivity contribution in [1.29, 1.82) is 0 Å². The zero-order valence-electron chi connectivity index (χ0n) is 32.8. The van der Waals surface area contributed by atoms with Gasteiger partial charge in [0, 0.05) is 37.3 Å². The number of halogens is 1. The van der Waals surface area contributed by atoms with Crippen LogP contribution in [0.15, 0.2) is 70.4 Å². The first-order valence-corrected chi connectivity index (χ1v) is 19.4. The number of carboxylic acid groups (broad SMARTS) is 1. The van der Waals surface area contributed by atoms with E-state index < -0.39 is 40.8 Å². The fourth-order valence-electron chi connectivity index (χ4n) is 8.19. The summed E-state index contributed by atoms with van der Waals surface area (Å²) >= 11 is 0. The molecule has 3 heterocycles. The predicted octanol–water partition coefficient (Wildman–Crippen LogP) is 5.89. The maximum absolute atomic E-state index is 14.6. The van der Waals surface area contributed by atoms with Gasteiger partial charge in [-0.3, -0.25) is 24.0 Å². The molecule has 13 heteroatoms. The quantitative estimate of drug-likeness (QED) is 0.216. The van der Waals surface area contributed by atoms with E-state index in [9.17, 15) is 28.7 Å². The van der Waals surface area contributed by atoms with Crippen molar-refractivity contribution in [2.75, 3.05) is 33.2 Å². The van der Waals surface area contributed by atoms with Gasteiger partial charge < -0.3 is 15.3 Å². The summed E-state index contributed by atoms with van der Waals surface area (Å²) < 4.78 is 17.2. The SMILES string of the molecule is CC(C)[C@@H](C(=O)N[C@H]1CC[C@@H](n2c(=O)c3cc(F)cnc3n(-c3cccc(-c4ccc(CN5CCCN(C)CC5)cc4)c3)c2=O)CC1)N(C(=O)O)C(C)(C)C. The van der Waals surface area contributed by atoms with Crippen LogP contribution in [0, 0.1) is 11.7 Å². The Morgan fingerprint density at radius 3 is 2.33 bits per heavy atom. The van der Waals surface area contributed by atoms with Gasteiger partial charge in [-0.15, -0.1) is 0 Å². The van der Waals surface area contributed by atoms with Gasteiger partial charge in [0.15, 0.2) is 5.65 Å². The lowest BCUT2D eigenvalue weighted by Crippen LogP contribution is -2.60. The van der Waals surface area contributed by atoms with Gasteiger partial charge in [0.25, 0.3) is 5.56 Å². The Morgan fingerprint density at radius 1 is 0.964 bits per heavy atom. The summed E-state index contributed by atoms with van der Waals surface area (Å²) in [5.41, 5.74) is 1.68. The molecule has 2 fully saturated rings. The normalized spacial score (nSPS) is 19.3. The largest absolute Gasteiger partial charge is 0.465 e. The fraction of sp³-hybridized carbons (Fsp3) is 0.500. The molecule has 2 aromatic heterocycles. The van der Waals surface area contributed by atoms with Crippen molar-refractivity contribution in [2.45, 2.75) is 96.9 Å². The number of benzene rings is 2. The molecule has 1 aliphatic heterocycles. The zero-order valence-corrected chi connectivity index (χ0v) is 32.8. The Hall–Kier alpha value is -4.88. The third-order valence-corrected chi connectivity index (χ3v) is 11.0. The lowest BCUT2D eigenvalue weighted by molar-refractivity contribution is -0.130. The number of nitrogens with one attached hydrogen (secondary N) is 1. The van der Waals surface area contributed by atoms with E-state index in [2.05, 4.69) is 51.4 Å². The predicted molar refractivity (Wildman–Crippen MR) is 212 cm³/mol. The van der Waals surface area contributed by atoms with E-state index >= 15 is 0 Å². The topological polar surface area (TPSA) is 133 Å². The zero-order chi connectivity index (χ0) is 39.6. The van der Waals surface area contributed by atoms with Crippen molar-refractivity contribution in [2.24, 2.45) is 5.92 Å². The molecule has 6 rings (SSSR count). The molecule has 1 atom stereocenters. The van der Waals surface area contributed by atoms with Crippen LogP contribution in [-0.2, 0) is 11.3 Å². The number of carbonyl (C=O) groups excluding carboxylic acids is 1. The first-order valence-electron chi connectivity index (χ1n) is 19.4. The van der Waals surface area contributed by atoms with E-state index in [1.807, 2.05) is 32.0 Å². The van der Waals surface area contributed by atoms with Crippen LogP contribution in [0.25, 0.3) is 27.8 Å². The highest BCUT2D eigenvalue weighted by atomic mass is 19.1. The number of hydrogen-bond donors (Lipinski definition) is 2. The van der Waals surface area contributed by atoms with Crippen LogP contribution >= 0.6 is 0 Å². The van der Waals surface area contributed by atoms with Gasteiger partial charge in [0.2, 0.25) is 5.91 Å². The molecule has 0 bridgehead atoms. The summed E-state index contributed by atoms with van der Waals surface area (Å²) in [7, 11) is 2.16. The highest BCUT2D eigenvalue weighted by Crippen LogP contribution is 2.30. The number of aromatic nitrogens is 3. The number of nitrogens with zero attached hydrogens (tertiary/aromatic N) is 6. The van der Waals surface area contributed by atoms with E-state index in [0.29, 0.717) is 31.4 Å². The molecule has 0 unspecified atom stereocenters. The van der Waals surface area contributed by atoms with E-state index in [0.717, 1.165) is 62.5 Å². The number of rotatable bonds is 9. The minimum Gasteiger partial charge on any atom is -0.465 e. The molecule has 1 saturated heterocycles. The van der Waals surface area contributed by atoms with Crippen LogP contribution in [0.1, 0.15) is 78.3 Å². The van der Waals surface area contributed by atoms with Gasteiger partial charge >= 0.3 is 11.8 Å². The van der Waals surface area contributed by atoms with Gasteiger partial charge in [-0.25, -0.2) is 23.5 Å². The monoisotopic (exact) mass is 755 g/mol. The molecule has 55 heavy (non-hydrogen) atoms. The number of pyridine rings is 1. The Bertz CT molecular complexity index is 2130.